The average molecular weight is 432 g/mol. The Bertz CT molecular complexity index is 1190. The van der Waals surface area contributed by atoms with E-state index in [1.54, 1.807) is 38.4 Å². The van der Waals surface area contributed by atoms with Crippen LogP contribution in [0.1, 0.15) is 16.9 Å². The quantitative estimate of drug-likeness (QED) is 0.603. The molecule has 3 aromatic rings. The molecule has 2 atom stereocenters. The highest BCUT2D eigenvalue weighted by atomic mass is 32.2. The molecule has 1 aromatic carbocycles. The van der Waals surface area contributed by atoms with Crippen molar-refractivity contribution >= 4 is 26.8 Å². The maximum atomic E-state index is 14.3. The highest BCUT2D eigenvalue weighted by molar-refractivity contribution is 7.89. The third-order valence-electron chi connectivity index (χ3n) is 5.06. The van der Waals surface area contributed by atoms with E-state index in [0.717, 1.165) is 4.31 Å². The van der Waals surface area contributed by atoms with Crippen LogP contribution in [0.15, 0.2) is 47.6 Å². The van der Waals surface area contributed by atoms with E-state index in [1.165, 1.54) is 28.0 Å². The third-order valence-corrected chi connectivity index (χ3v) is 7.01. The van der Waals surface area contributed by atoms with E-state index in [4.69, 9.17) is 0 Å². The minimum atomic E-state index is -4.00. The van der Waals surface area contributed by atoms with Crippen molar-refractivity contribution in [2.24, 2.45) is 0 Å². The SMILES string of the molecule is CN(C)C(=O)c1cn(C[C@@H]2C[C@H](F)CN2S(=O)(=O)c2cccc3cccnc23)nn1. The van der Waals surface area contributed by atoms with Crippen molar-refractivity contribution in [2.75, 3.05) is 20.6 Å². The van der Waals surface area contributed by atoms with Crippen LogP contribution in [0.4, 0.5) is 4.39 Å². The van der Waals surface area contributed by atoms with Crippen LogP contribution >= 0.6 is 0 Å². The highest BCUT2D eigenvalue weighted by Crippen LogP contribution is 2.31. The summed E-state index contributed by atoms with van der Waals surface area (Å²) in [6.07, 6.45) is 1.71. The minimum Gasteiger partial charge on any atom is -0.343 e. The molecule has 9 nitrogen and oxygen atoms in total. The fourth-order valence-electron chi connectivity index (χ4n) is 3.63. The number of nitrogens with zero attached hydrogens (tertiary/aromatic N) is 6. The molecule has 0 bridgehead atoms. The van der Waals surface area contributed by atoms with Crippen molar-refractivity contribution < 1.29 is 17.6 Å². The second-order valence-electron chi connectivity index (χ2n) is 7.42. The molecule has 1 saturated heterocycles. The summed E-state index contributed by atoms with van der Waals surface area (Å²) in [5, 5.41) is 8.43. The number of sulfonamides is 1. The lowest BCUT2D eigenvalue weighted by Gasteiger charge is -2.24. The Hall–Kier alpha value is -2.92. The Morgan fingerprint density at radius 2 is 2.03 bits per heavy atom. The van der Waals surface area contributed by atoms with Gasteiger partial charge in [-0.25, -0.2) is 12.8 Å². The third kappa shape index (κ3) is 3.65. The second kappa shape index (κ2) is 7.73. The molecule has 0 spiro atoms. The van der Waals surface area contributed by atoms with E-state index in [1.807, 2.05) is 0 Å². The first-order valence-corrected chi connectivity index (χ1v) is 10.8. The van der Waals surface area contributed by atoms with Crippen LogP contribution in [0.5, 0.6) is 0 Å². The highest BCUT2D eigenvalue weighted by Gasteiger charge is 2.41. The number of alkyl halides is 1. The number of halogens is 1. The molecule has 4 rings (SSSR count). The molecule has 2 aromatic heterocycles. The fourth-order valence-corrected chi connectivity index (χ4v) is 5.45. The predicted molar refractivity (Wildman–Crippen MR) is 107 cm³/mol. The molecule has 0 radical (unpaired) electrons. The number of carbonyl (C=O) groups is 1. The average Bonchev–Trinajstić information content (AvgIpc) is 3.33. The van der Waals surface area contributed by atoms with E-state index in [9.17, 15) is 17.6 Å². The van der Waals surface area contributed by atoms with Crippen molar-refractivity contribution in [3.63, 3.8) is 0 Å². The summed E-state index contributed by atoms with van der Waals surface area (Å²) in [5.74, 6) is -0.317. The normalized spacial score (nSPS) is 20.0. The lowest BCUT2D eigenvalue weighted by molar-refractivity contribution is 0.0822. The van der Waals surface area contributed by atoms with Crippen molar-refractivity contribution in [1.82, 2.24) is 29.2 Å². The van der Waals surface area contributed by atoms with Crippen molar-refractivity contribution in [3.05, 3.63) is 48.4 Å². The molecule has 0 N–H and O–H groups in total. The summed E-state index contributed by atoms with van der Waals surface area (Å²) in [5.41, 5.74) is 0.489. The number of fused-ring (bicyclic) bond motifs is 1. The first-order valence-electron chi connectivity index (χ1n) is 9.39. The summed E-state index contributed by atoms with van der Waals surface area (Å²) in [6.45, 7) is -0.153. The molecule has 30 heavy (non-hydrogen) atoms. The van der Waals surface area contributed by atoms with Gasteiger partial charge >= 0.3 is 0 Å². The Labute approximate surface area is 173 Å². The number of amides is 1. The number of para-hydroxylation sites is 1. The summed E-state index contributed by atoms with van der Waals surface area (Å²) in [7, 11) is -0.805. The number of pyridine rings is 1. The molecular formula is C19H21FN6O3S. The van der Waals surface area contributed by atoms with Gasteiger partial charge in [-0.15, -0.1) is 5.10 Å². The molecule has 0 aliphatic carbocycles. The largest absolute Gasteiger partial charge is 0.343 e. The zero-order valence-corrected chi connectivity index (χ0v) is 17.3. The first kappa shape index (κ1) is 20.4. The van der Waals surface area contributed by atoms with Crippen molar-refractivity contribution in [3.8, 4) is 0 Å². The molecule has 1 aliphatic heterocycles. The Morgan fingerprint density at radius 1 is 1.27 bits per heavy atom. The number of hydrogen-bond donors (Lipinski definition) is 0. The maximum Gasteiger partial charge on any atom is 0.275 e. The predicted octanol–water partition coefficient (Wildman–Crippen LogP) is 1.33. The van der Waals surface area contributed by atoms with Gasteiger partial charge in [0.15, 0.2) is 5.69 Å². The van der Waals surface area contributed by atoms with Gasteiger partial charge in [0.05, 0.1) is 18.3 Å². The number of aromatic nitrogens is 4. The lowest BCUT2D eigenvalue weighted by atomic mass is 10.2. The van der Waals surface area contributed by atoms with Gasteiger partial charge in [0, 0.05) is 38.3 Å². The standard InChI is InChI=1S/C19H21FN6O3S/c1-24(2)19(27)16-12-25(23-22-16)11-15-9-14(20)10-26(15)30(28,29)17-7-3-5-13-6-4-8-21-18(13)17/h3-8,12,14-15H,9-11H2,1-2H3/t14-,15-/m0/s1. The van der Waals surface area contributed by atoms with E-state index < -0.39 is 22.2 Å². The van der Waals surface area contributed by atoms with Crippen LogP contribution < -0.4 is 0 Å². The van der Waals surface area contributed by atoms with Gasteiger partial charge in [0.25, 0.3) is 5.91 Å². The zero-order valence-electron chi connectivity index (χ0n) is 16.5. The van der Waals surface area contributed by atoms with E-state index in [0.29, 0.717) is 10.9 Å². The summed E-state index contributed by atoms with van der Waals surface area (Å²) >= 11 is 0. The van der Waals surface area contributed by atoms with Crippen molar-refractivity contribution in [2.45, 2.75) is 30.1 Å². The van der Waals surface area contributed by atoms with Crippen LogP contribution in [0.3, 0.4) is 0 Å². The molecule has 11 heteroatoms. The molecule has 1 aliphatic rings. The Morgan fingerprint density at radius 3 is 2.80 bits per heavy atom. The van der Waals surface area contributed by atoms with Crippen LogP contribution in [0.2, 0.25) is 0 Å². The monoisotopic (exact) mass is 432 g/mol. The van der Waals surface area contributed by atoms with Gasteiger partial charge in [-0.2, -0.15) is 4.31 Å². The van der Waals surface area contributed by atoms with E-state index >= 15 is 0 Å². The number of hydrogen-bond acceptors (Lipinski definition) is 6. The number of carbonyl (C=O) groups excluding carboxylic acids is 1. The summed E-state index contributed by atoms with van der Waals surface area (Å²) in [6, 6.07) is 7.75. The van der Waals surface area contributed by atoms with E-state index in [2.05, 4.69) is 15.3 Å². The van der Waals surface area contributed by atoms with Crippen LogP contribution in [-0.2, 0) is 16.6 Å². The lowest BCUT2D eigenvalue weighted by Crippen LogP contribution is -2.38. The second-order valence-corrected chi connectivity index (χ2v) is 9.28. The van der Waals surface area contributed by atoms with Crippen LogP contribution in [0, 0.1) is 0 Å². The zero-order chi connectivity index (χ0) is 21.5. The van der Waals surface area contributed by atoms with E-state index in [-0.39, 0.29) is 36.0 Å². The van der Waals surface area contributed by atoms with Gasteiger partial charge < -0.3 is 4.90 Å². The Kier molecular flexibility index (Phi) is 5.24. The maximum absolute atomic E-state index is 14.3. The first-order chi connectivity index (χ1) is 14.3. The summed E-state index contributed by atoms with van der Waals surface area (Å²) < 4.78 is 43.7. The molecular weight excluding hydrogens is 411 g/mol. The number of rotatable bonds is 5. The minimum absolute atomic E-state index is 0.0360. The Balaban J connectivity index is 1.65. The van der Waals surface area contributed by atoms with Gasteiger partial charge in [-0.3, -0.25) is 14.5 Å². The van der Waals surface area contributed by atoms with Gasteiger partial charge in [-0.1, -0.05) is 23.4 Å². The molecule has 0 unspecified atom stereocenters. The van der Waals surface area contributed by atoms with Crippen molar-refractivity contribution in [1.29, 1.82) is 0 Å². The smallest absolute Gasteiger partial charge is 0.275 e. The van der Waals surface area contributed by atoms with Gasteiger partial charge in [0.1, 0.15) is 11.1 Å². The molecule has 1 amide bonds. The topological polar surface area (TPSA) is 101 Å². The van der Waals surface area contributed by atoms with Gasteiger partial charge in [-0.05, 0) is 18.6 Å². The van der Waals surface area contributed by atoms with Crippen LogP contribution in [0.25, 0.3) is 10.9 Å². The molecule has 0 saturated carbocycles. The fraction of sp³-hybridized carbons (Fsp3) is 0.368. The number of benzene rings is 1. The van der Waals surface area contributed by atoms with Crippen LogP contribution in [-0.4, -0.2) is 76.4 Å². The molecule has 3 heterocycles. The molecule has 1 fully saturated rings. The van der Waals surface area contributed by atoms with Gasteiger partial charge in [0.2, 0.25) is 10.0 Å². The molecule has 158 valence electrons. The summed E-state index contributed by atoms with van der Waals surface area (Å²) in [4.78, 5) is 17.6.